The van der Waals surface area contributed by atoms with Crippen molar-refractivity contribution in [2.75, 3.05) is 13.2 Å². The molecule has 5 atom stereocenters. The van der Waals surface area contributed by atoms with Crippen molar-refractivity contribution in [3.8, 4) is 0 Å². The van der Waals surface area contributed by atoms with Crippen molar-refractivity contribution in [3.05, 3.63) is 35.9 Å². The number of ether oxygens (including phenoxy) is 4. The zero-order valence-corrected chi connectivity index (χ0v) is 12.9. The van der Waals surface area contributed by atoms with E-state index in [1.54, 1.807) is 0 Å². The van der Waals surface area contributed by atoms with E-state index in [0.29, 0.717) is 6.61 Å². The topological polar surface area (TPSA) is 36.9 Å². The summed E-state index contributed by atoms with van der Waals surface area (Å²) >= 11 is 0. The second-order valence-electron chi connectivity index (χ2n) is 6.43. The largest absolute Gasteiger partial charge is 0.373 e. The van der Waals surface area contributed by atoms with Gasteiger partial charge in [0.15, 0.2) is 0 Å². The summed E-state index contributed by atoms with van der Waals surface area (Å²) in [5.74, 6) is 0. The van der Waals surface area contributed by atoms with E-state index in [9.17, 15) is 0 Å². The molecule has 3 saturated heterocycles. The summed E-state index contributed by atoms with van der Waals surface area (Å²) in [6.07, 6.45) is 4.61. The van der Waals surface area contributed by atoms with Gasteiger partial charge in [-0.25, -0.2) is 0 Å². The highest BCUT2D eigenvalue weighted by Crippen LogP contribution is 2.36. The van der Waals surface area contributed by atoms with Crippen LogP contribution >= 0.6 is 0 Å². The zero-order chi connectivity index (χ0) is 14.8. The Kier molecular flexibility index (Phi) is 4.44. The minimum absolute atomic E-state index is 0.0109. The molecule has 0 amide bonds. The van der Waals surface area contributed by atoms with E-state index in [0.717, 1.165) is 38.9 Å². The highest BCUT2D eigenvalue weighted by molar-refractivity contribution is 5.13. The molecule has 1 aromatic rings. The van der Waals surface area contributed by atoms with E-state index in [1.165, 1.54) is 5.56 Å². The summed E-state index contributed by atoms with van der Waals surface area (Å²) in [6.45, 7) is 2.20. The first-order chi connectivity index (χ1) is 10.9. The van der Waals surface area contributed by atoms with Crippen molar-refractivity contribution >= 4 is 0 Å². The Morgan fingerprint density at radius 3 is 2.18 bits per heavy atom. The van der Waals surface area contributed by atoms with Gasteiger partial charge in [-0.2, -0.15) is 0 Å². The van der Waals surface area contributed by atoms with Crippen LogP contribution in [-0.4, -0.2) is 43.7 Å². The van der Waals surface area contributed by atoms with E-state index in [2.05, 4.69) is 12.1 Å². The lowest BCUT2D eigenvalue weighted by molar-refractivity contribution is -0.282. The summed E-state index contributed by atoms with van der Waals surface area (Å²) in [5, 5.41) is 0. The number of benzene rings is 1. The fraction of sp³-hybridized carbons (Fsp3) is 0.667. The van der Waals surface area contributed by atoms with Crippen LogP contribution in [-0.2, 0) is 25.6 Å². The lowest BCUT2D eigenvalue weighted by Crippen LogP contribution is -2.62. The molecular weight excluding hydrogens is 280 g/mol. The van der Waals surface area contributed by atoms with E-state index < -0.39 is 0 Å². The summed E-state index contributed by atoms with van der Waals surface area (Å²) in [6, 6.07) is 10.3. The molecule has 0 radical (unpaired) electrons. The van der Waals surface area contributed by atoms with Crippen LogP contribution in [0, 0.1) is 0 Å². The Balaban J connectivity index is 1.50. The average Bonchev–Trinajstić information content (AvgIpc) is 2.59. The maximum atomic E-state index is 6.28. The summed E-state index contributed by atoms with van der Waals surface area (Å²) in [4.78, 5) is 0. The summed E-state index contributed by atoms with van der Waals surface area (Å²) in [5.41, 5.74) is 1.19. The Labute approximate surface area is 131 Å². The van der Waals surface area contributed by atoms with Crippen LogP contribution in [0.15, 0.2) is 30.3 Å². The molecule has 1 unspecified atom stereocenters. The molecule has 22 heavy (non-hydrogen) atoms. The van der Waals surface area contributed by atoms with Crippen molar-refractivity contribution in [1.29, 1.82) is 0 Å². The molecule has 3 fully saturated rings. The predicted octanol–water partition coefficient (Wildman–Crippen LogP) is 2.70. The minimum Gasteiger partial charge on any atom is -0.373 e. The fourth-order valence-corrected chi connectivity index (χ4v) is 3.82. The molecule has 0 aliphatic carbocycles. The van der Waals surface area contributed by atoms with Crippen LogP contribution in [0.5, 0.6) is 0 Å². The molecule has 120 valence electrons. The molecule has 4 rings (SSSR count). The van der Waals surface area contributed by atoms with Gasteiger partial charge in [0.25, 0.3) is 0 Å². The van der Waals surface area contributed by atoms with Crippen molar-refractivity contribution in [2.24, 2.45) is 0 Å². The normalized spacial score (nSPS) is 38.1. The van der Waals surface area contributed by atoms with Gasteiger partial charge >= 0.3 is 0 Å². The Hall–Kier alpha value is -0.940. The molecule has 3 aliphatic heterocycles. The van der Waals surface area contributed by atoms with Crippen LogP contribution in [0.3, 0.4) is 0 Å². The van der Waals surface area contributed by atoms with Crippen molar-refractivity contribution < 1.29 is 18.9 Å². The molecule has 3 aliphatic rings. The van der Waals surface area contributed by atoms with Gasteiger partial charge in [0.1, 0.15) is 18.3 Å². The Morgan fingerprint density at radius 2 is 1.55 bits per heavy atom. The molecule has 4 heteroatoms. The zero-order valence-electron chi connectivity index (χ0n) is 12.9. The second kappa shape index (κ2) is 6.67. The number of hydrogen-bond acceptors (Lipinski definition) is 4. The average molecular weight is 304 g/mol. The lowest BCUT2D eigenvalue weighted by atomic mass is 9.88. The molecule has 0 saturated carbocycles. The van der Waals surface area contributed by atoms with Crippen molar-refractivity contribution in [3.63, 3.8) is 0 Å². The van der Waals surface area contributed by atoms with Gasteiger partial charge in [-0.05, 0) is 31.2 Å². The molecule has 0 aromatic heterocycles. The van der Waals surface area contributed by atoms with E-state index in [1.807, 2.05) is 18.2 Å². The van der Waals surface area contributed by atoms with Crippen LogP contribution in [0.1, 0.15) is 31.2 Å². The van der Waals surface area contributed by atoms with Gasteiger partial charge < -0.3 is 18.9 Å². The third-order valence-corrected chi connectivity index (χ3v) is 4.90. The van der Waals surface area contributed by atoms with Gasteiger partial charge in [-0.3, -0.25) is 0 Å². The van der Waals surface area contributed by atoms with E-state index in [-0.39, 0.29) is 30.5 Å². The highest BCUT2D eigenvalue weighted by Gasteiger charge is 2.49. The first kappa shape index (κ1) is 14.6. The van der Waals surface area contributed by atoms with Crippen LogP contribution in [0.25, 0.3) is 0 Å². The molecular formula is C18H24O4. The molecule has 1 aromatic carbocycles. The minimum atomic E-state index is -0.0236. The summed E-state index contributed by atoms with van der Waals surface area (Å²) < 4.78 is 24.5. The lowest BCUT2D eigenvalue weighted by Gasteiger charge is -2.49. The van der Waals surface area contributed by atoms with Crippen LogP contribution in [0.2, 0.25) is 0 Å². The van der Waals surface area contributed by atoms with Crippen molar-refractivity contribution in [1.82, 2.24) is 0 Å². The Morgan fingerprint density at radius 1 is 0.909 bits per heavy atom. The third-order valence-electron chi connectivity index (χ3n) is 4.90. The molecule has 0 N–H and O–H groups in total. The van der Waals surface area contributed by atoms with Gasteiger partial charge in [0.05, 0.1) is 18.8 Å². The first-order valence-electron chi connectivity index (χ1n) is 8.46. The Bertz CT molecular complexity index is 455. The third kappa shape index (κ3) is 2.93. The maximum Gasteiger partial charge on any atom is 0.115 e. The molecule has 4 nitrogen and oxygen atoms in total. The van der Waals surface area contributed by atoms with Gasteiger partial charge in [0, 0.05) is 13.2 Å². The molecule has 0 bridgehead atoms. The van der Waals surface area contributed by atoms with Crippen molar-refractivity contribution in [2.45, 2.75) is 62.8 Å². The van der Waals surface area contributed by atoms with Gasteiger partial charge in [-0.1, -0.05) is 30.3 Å². The van der Waals surface area contributed by atoms with Crippen LogP contribution < -0.4 is 0 Å². The predicted molar refractivity (Wildman–Crippen MR) is 81.6 cm³/mol. The quantitative estimate of drug-likeness (QED) is 0.860. The molecule has 0 spiro atoms. The number of rotatable bonds is 3. The SMILES string of the molecule is c1ccc(COC2[C@H]3OCCC[C@H]3O[C@H]3CCCO[C@@H]23)cc1. The molecule has 3 heterocycles. The highest BCUT2D eigenvalue weighted by atomic mass is 16.6. The smallest absolute Gasteiger partial charge is 0.115 e. The second-order valence-corrected chi connectivity index (χ2v) is 6.43. The van der Waals surface area contributed by atoms with Crippen LogP contribution in [0.4, 0.5) is 0 Å². The van der Waals surface area contributed by atoms with Gasteiger partial charge in [-0.15, -0.1) is 0 Å². The monoisotopic (exact) mass is 304 g/mol. The fourth-order valence-electron chi connectivity index (χ4n) is 3.82. The first-order valence-corrected chi connectivity index (χ1v) is 8.46. The standard InChI is InChI=1S/C18H24O4/c1-2-6-13(7-3-1)12-21-18-16-14(8-4-10-19-16)22-15-9-5-11-20-17(15)18/h1-3,6-7,14-18H,4-5,8-12H2/t14-,15+,16+,17-,18?. The van der Waals surface area contributed by atoms with E-state index in [4.69, 9.17) is 18.9 Å². The van der Waals surface area contributed by atoms with E-state index >= 15 is 0 Å². The summed E-state index contributed by atoms with van der Waals surface area (Å²) in [7, 11) is 0. The number of fused-ring (bicyclic) bond motifs is 2. The number of hydrogen-bond donors (Lipinski definition) is 0. The van der Waals surface area contributed by atoms with Gasteiger partial charge in [0.2, 0.25) is 0 Å². The maximum absolute atomic E-state index is 6.28.